The maximum absolute atomic E-state index is 14.1. The number of nitrogens with zero attached hydrogens (tertiary/aromatic N) is 1. The number of amides is 2. The van der Waals surface area contributed by atoms with Crippen LogP contribution in [-0.4, -0.2) is 15.9 Å². The van der Waals surface area contributed by atoms with Crippen LogP contribution < -0.4 is 10.9 Å². The number of carbonyl (C=O) groups is 1. The average Bonchev–Trinajstić information content (AvgIpc) is 2.77. The highest BCUT2D eigenvalue weighted by Gasteiger charge is 2.18. The zero-order valence-electron chi connectivity index (χ0n) is 17.4. The highest BCUT2D eigenvalue weighted by molar-refractivity contribution is 5.89. The number of aromatic nitrogens is 1. The molecule has 2 N–H and O–H groups in total. The summed E-state index contributed by atoms with van der Waals surface area (Å²) < 4.78 is 27.4. The Morgan fingerprint density at radius 1 is 0.969 bits per heavy atom. The second kappa shape index (κ2) is 9.01. The van der Waals surface area contributed by atoms with Crippen LogP contribution in [0.15, 0.2) is 77.6 Å². The van der Waals surface area contributed by atoms with E-state index in [1.54, 1.807) is 24.3 Å². The third-order valence-electron chi connectivity index (χ3n) is 5.13. The number of rotatable bonds is 5. The van der Waals surface area contributed by atoms with Crippen molar-refractivity contribution in [3.8, 4) is 0 Å². The Bertz CT molecular complexity index is 1330. The van der Waals surface area contributed by atoms with Crippen molar-refractivity contribution in [1.29, 1.82) is 0 Å². The van der Waals surface area contributed by atoms with E-state index < -0.39 is 17.7 Å². The zero-order valence-corrected chi connectivity index (χ0v) is 17.4. The van der Waals surface area contributed by atoms with Crippen LogP contribution in [0.5, 0.6) is 0 Å². The third-order valence-corrected chi connectivity index (χ3v) is 5.13. The van der Waals surface area contributed by atoms with Crippen molar-refractivity contribution in [2.24, 2.45) is 0 Å². The molecule has 2 amide bonds. The van der Waals surface area contributed by atoms with Gasteiger partial charge < -0.3 is 15.2 Å². The van der Waals surface area contributed by atoms with E-state index in [0.717, 1.165) is 10.9 Å². The number of H-pyrrole nitrogens is 1. The Hall–Kier alpha value is -4.00. The predicted molar refractivity (Wildman–Crippen MR) is 120 cm³/mol. The lowest BCUT2D eigenvalue weighted by Gasteiger charge is -2.23. The van der Waals surface area contributed by atoms with Gasteiger partial charge in [0.05, 0.1) is 12.2 Å². The molecule has 0 atom stereocenters. The largest absolute Gasteiger partial charge is 0.322 e. The van der Waals surface area contributed by atoms with Crippen LogP contribution in [-0.2, 0) is 13.1 Å². The number of carbonyl (C=O) groups excluding carboxylic acids is 1. The van der Waals surface area contributed by atoms with Crippen molar-refractivity contribution in [3.05, 3.63) is 111 Å². The molecular formula is C25H21F2N3O2. The summed E-state index contributed by atoms with van der Waals surface area (Å²) in [6.45, 7) is 2.04. The number of nitrogens with one attached hydrogen (secondary N) is 2. The number of pyridine rings is 1. The molecule has 0 radical (unpaired) electrons. The summed E-state index contributed by atoms with van der Waals surface area (Å²) in [4.78, 5) is 29.9. The van der Waals surface area contributed by atoms with Gasteiger partial charge >= 0.3 is 6.03 Å². The minimum atomic E-state index is -0.580. The lowest BCUT2D eigenvalue weighted by Crippen LogP contribution is -2.36. The molecule has 4 aromatic rings. The number of aromatic amines is 1. The van der Waals surface area contributed by atoms with Gasteiger partial charge in [-0.2, -0.15) is 0 Å². The number of hydrogen-bond acceptors (Lipinski definition) is 2. The Labute approximate surface area is 183 Å². The Morgan fingerprint density at radius 3 is 2.47 bits per heavy atom. The summed E-state index contributed by atoms with van der Waals surface area (Å²) >= 11 is 0. The van der Waals surface area contributed by atoms with Crippen molar-refractivity contribution in [1.82, 2.24) is 9.88 Å². The molecule has 0 saturated heterocycles. The molecule has 3 aromatic carbocycles. The normalized spacial score (nSPS) is 10.8. The number of para-hydroxylation sites is 1. The fourth-order valence-corrected chi connectivity index (χ4v) is 3.46. The molecule has 0 spiro atoms. The summed E-state index contributed by atoms with van der Waals surface area (Å²) in [5.74, 6) is -0.959. The quantitative estimate of drug-likeness (QED) is 0.446. The van der Waals surface area contributed by atoms with Gasteiger partial charge in [0, 0.05) is 17.6 Å². The monoisotopic (exact) mass is 433 g/mol. The van der Waals surface area contributed by atoms with Crippen LogP contribution >= 0.6 is 0 Å². The zero-order chi connectivity index (χ0) is 22.7. The molecule has 0 saturated carbocycles. The first kappa shape index (κ1) is 21.2. The van der Waals surface area contributed by atoms with Gasteiger partial charge in [-0.15, -0.1) is 0 Å². The molecule has 0 aliphatic rings. The fourth-order valence-electron chi connectivity index (χ4n) is 3.46. The smallest absolute Gasteiger partial charge is 0.322 e. The lowest BCUT2D eigenvalue weighted by molar-refractivity contribution is 0.206. The molecule has 0 aliphatic carbocycles. The number of hydrogen-bond donors (Lipinski definition) is 2. The molecule has 0 bridgehead atoms. The van der Waals surface area contributed by atoms with Crippen LogP contribution in [0.4, 0.5) is 19.3 Å². The van der Waals surface area contributed by atoms with E-state index in [1.807, 2.05) is 25.1 Å². The predicted octanol–water partition coefficient (Wildman–Crippen LogP) is 5.35. The highest BCUT2D eigenvalue weighted by Crippen LogP contribution is 2.18. The first-order valence-electron chi connectivity index (χ1n) is 10.1. The summed E-state index contributed by atoms with van der Waals surface area (Å²) in [5, 5.41) is 3.40. The van der Waals surface area contributed by atoms with E-state index in [-0.39, 0.29) is 24.3 Å². The number of halogens is 2. The lowest BCUT2D eigenvalue weighted by atomic mass is 10.1. The second-order valence-corrected chi connectivity index (χ2v) is 7.61. The first-order chi connectivity index (χ1) is 15.4. The van der Waals surface area contributed by atoms with Gasteiger partial charge in [0.2, 0.25) is 0 Å². The first-order valence-corrected chi connectivity index (χ1v) is 10.1. The third kappa shape index (κ3) is 4.83. The van der Waals surface area contributed by atoms with Crippen LogP contribution in [0, 0.1) is 18.6 Å². The molecule has 1 heterocycles. The molecule has 5 nitrogen and oxygen atoms in total. The molecule has 0 aliphatic heterocycles. The molecule has 4 rings (SSSR count). The van der Waals surface area contributed by atoms with Crippen LogP contribution in [0.1, 0.15) is 16.7 Å². The maximum Gasteiger partial charge on any atom is 0.322 e. The fraction of sp³-hybridized carbons (Fsp3) is 0.120. The van der Waals surface area contributed by atoms with E-state index in [0.29, 0.717) is 16.6 Å². The van der Waals surface area contributed by atoms with Gasteiger partial charge in [0.25, 0.3) is 5.56 Å². The Morgan fingerprint density at radius 2 is 1.72 bits per heavy atom. The van der Waals surface area contributed by atoms with Crippen molar-refractivity contribution in [3.63, 3.8) is 0 Å². The Balaban J connectivity index is 1.66. The molecule has 7 heteroatoms. The van der Waals surface area contributed by atoms with E-state index in [2.05, 4.69) is 10.3 Å². The van der Waals surface area contributed by atoms with E-state index in [1.165, 1.54) is 35.2 Å². The van der Waals surface area contributed by atoms with Gasteiger partial charge in [-0.25, -0.2) is 13.6 Å². The number of aryl methyl sites for hydroxylation is 1. The standard InChI is InChI=1S/C25H21F2N3O2/c1-16-6-11-22-18(12-16)13-19(24(31)28-22)15-30(14-17-7-9-20(26)10-8-17)25(32)29-23-5-3-2-4-21(23)27/h2-13H,14-15H2,1H3,(H,28,31)(H,29,32). The van der Waals surface area contributed by atoms with E-state index in [9.17, 15) is 18.4 Å². The SMILES string of the molecule is Cc1ccc2[nH]c(=O)c(CN(Cc3ccc(F)cc3)C(=O)Nc3ccccc3F)cc2c1. The van der Waals surface area contributed by atoms with Crippen molar-refractivity contribution in [2.45, 2.75) is 20.0 Å². The van der Waals surface area contributed by atoms with E-state index >= 15 is 0 Å². The summed E-state index contributed by atoms with van der Waals surface area (Å²) in [6, 6.07) is 18.4. The van der Waals surface area contributed by atoms with Crippen molar-refractivity contribution in [2.75, 3.05) is 5.32 Å². The molecule has 1 aromatic heterocycles. The molecule has 0 fully saturated rings. The van der Waals surface area contributed by atoms with Crippen LogP contribution in [0.2, 0.25) is 0 Å². The number of urea groups is 1. The van der Waals surface area contributed by atoms with E-state index in [4.69, 9.17) is 0 Å². The van der Waals surface area contributed by atoms with Crippen LogP contribution in [0.3, 0.4) is 0 Å². The summed E-state index contributed by atoms with van der Waals surface area (Å²) in [7, 11) is 0. The molecule has 32 heavy (non-hydrogen) atoms. The number of anilines is 1. The molecule has 0 unspecified atom stereocenters. The van der Waals surface area contributed by atoms with Crippen LogP contribution in [0.25, 0.3) is 10.9 Å². The highest BCUT2D eigenvalue weighted by atomic mass is 19.1. The van der Waals surface area contributed by atoms with Crippen molar-refractivity contribution >= 4 is 22.6 Å². The average molecular weight is 433 g/mol. The van der Waals surface area contributed by atoms with Gasteiger partial charge in [0.1, 0.15) is 11.6 Å². The Kier molecular flexibility index (Phi) is 5.98. The second-order valence-electron chi connectivity index (χ2n) is 7.61. The molecular weight excluding hydrogens is 412 g/mol. The van der Waals surface area contributed by atoms with Gasteiger partial charge in [-0.05, 0) is 60.3 Å². The number of fused-ring (bicyclic) bond motifs is 1. The maximum atomic E-state index is 14.1. The van der Waals surface area contributed by atoms with Crippen molar-refractivity contribution < 1.29 is 13.6 Å². The summed E-state index contributed by atoms with van der Waals surface area (Å²) in [6.07, 6.45) is 0. The van der Waals surface area contributed by atoms with Gasteiger partial charge in [-0.1, -0.05) is 35.9 Å². The minimum absolute atomic E-state index is 0.0170. The molecule has 162 valence electrons. The van der Waals surface area contributed by atoms with Gasteiger partial charge in [-0.3, -0.25) is 4.79 Å². The summed E-state index contributed by atoms with van der Waals surface area (Å²) in [5.41, 5.74) is 2.51. The van der Waals surface area contributed by atoms with Gasteiger partial charge in [0.15, 0.2) is 0 Å². The number of benzene rings is 3. The minimum Gasteiger partial charge on any atom is -0.322 e. The topological polar surface area (TPSA) is 65.2 Å².